The normalized spacial score (nSPS) is 90.5. The Labute approximate surface area is 70.6 Å². The van der Waals surface area contributed by atoms with E-state index < -0.39 is 0 Å². The Morgan fingerprint density at radius 3 is 1.00 bits per heavy atom. The van der Waals surface area contributed by atoms with Crippen LogP contribution in [0.2, 0.25) is 0 Å². The first-order valence-electron chi connectivity index (χ1n) is 5.18. The minimum absolute atomic E-state index is 0.0200. The summed E-state index contributed by atoms with van der Waals surface area (Å²) in [5, 5.41) is 19.9. The molecule has 12 heavy (non-hydrogen) atoms. The molecule has 0 amide bonds. The maximum Gasteiger partial charge on any atom is 0.0608 e. The molecule has 2 heteroatoms. The highest BCUT2D eigenvalue weighted by Gasteiger charge is 2.89. The maximum atomic E-state index is 9.93. The van der Waals surface area contributed by atoms with Crippen LogP contribution in [0.3, 0.4) is 0 Å². The van der Waals surface area contributed by atoms with E-state index in [1.807, 2.05) is 0 Å². The summed E-state index contributed by atoms with van der Waals surface area (Å²) in [7, 11) is 0. The molecule has 6 rings (SSSR count). The van der Waals surface area contributed by atoms with Crippen LogP contribution in [0.1, 0.15) is 0 Å². The Hall–Kier alpha value is -0.0800. The fourth-order valence-corrected chi connectivity index (χ4v) is 6.15. The predicted octanol–water partition coefficient (Wildman–Crippen LogP) is -0.294. The number of hydrogen-bond donors (Lipinski definition) is 2. The van der Waals surface area contributed by atoms with E-state index >= 15 is 0 Å². The summed E-state index contributed by atoms with van der Waals surface area (Å²) in [5.41, 5.74) is 0. The van der Waals surface area contributed by atoms with E-state index in [2.05, 4.69) is 0 Å². The predicted molar refractivity (Wildman–Crippen MR) is 39.9 cm³/mol. The van der Waals surface area contributed by atoms with Gasteiger partial charge in [-0.2, -0.15) is 0 Å². The van der Waals surface area contributed by atoms with Gasteiger partial charge in [0.05, 0.1) is 12.2 Å². The minimum Gasteiger partial charge on any atom is -0.393 e. The molecule has 2 nitrogen and oxygen atoms in total. The monoisotopic (exact) mass is 164 g/mol. The van der Waals surface area contributed by atoms with Crippen molar-refractivity contribution in [2.75, 3.05) is 0 Å². The molecule has 0 aromatic carbocycles. The van der Waals surface area contributed by atoms with Crippen molar-refractivity contribution in [3.63, 3.8) is 0 Å². The van der Waals surface area contributed by atoms with Crippen molar-refractivity contribution in [3.8, 4) is 0 Å². The standard InChI is InChI=1S/C10H12O2/c11-9-5-1-2-4(5)8-7(9)3(1)6(2)10(8)12/h1-12H/t1-,2+,3+,4-,5+,6-,7-,8+,9+,10-. The molecule has 2 N–H and O–H groups in total. The van der Waals surface area contributed by atoms with Crippen LogP contribution in [-0.2, 0) is 0 Å². The topological polar surface area (TPSA) is 40.5 Å². The van der Waals surface area contributed by atoms with Crippen LogP contribution in [0.4, 0.5) is 0 Å². The zero-order chi connectivity index (χ0) is 7.77. The first kappa shape index (κ1) is 5.61. The van der Waals surface area contributed by atoms with Crippen LogP contribution in [0.5, 0.6) is 0 Å². The summed E-state index contributed by atoms with van der Waals surface area (Å²) in [6.45, 7) is 0. The SMILES string of the molecule is O[C@H]1[C@@H]2[C@@H]3[C@@H]4[C@H](O)[C@H]5[C@@H]([C@@H]14)[C@H]2[C@H]53. The summed E-state index contributed by atoms with van der Waals surface area (Å²) in [4.78, 5) is 0. The smallest absolute Gasteiger partial charge is 0.0608 e. The Bertz CT molecular complexity index is 268. The largest absolute Gasteiger partial charge is 0.393 e. The lowest BCUT2D eigenvalue weighted by atomic mass is 9.41. The van der Waals surface area contributed by atoms with Gasteiger partial charge in [0, 0.05) is 0 Å². The highest BCUT2D eigenvalue weighted by Crippen LogP contribution is 2.88. The van der Waals surface area contributed by atoms with Gasteiger partial charge >= 0.3 is 0 Å². The van der Waals surface area contributed by atoms with Crippen molar-refractivity contribution in [1.82, 2.24) is 0 Å². The Balaban J connectivity index is 1.83. The first-order chi connectivity index (χ1) is 5.82. The van der Waals surface area contributed by atoms with Gasteiger partial charge in [-0.3, -0.25) is 0 Å². The molecule has 0 radical (unpaired) electrons. The third-order valence-electron chi connectivity index (χ3n) is 6.02. The highest BCUT2D eigenvalue weighted by atomic mass is 16.3. The number of aliphatic hydroxyl groups is 2. The van der Waals surface area contributed by atoms with Gasteiger partial charge < -0.3 is 10.2 Å². The Morgan fingerprint density at radius 2 is 0.667 bits per heavy atom. The summed E-state index contributed by atoms with van der Waals surface area (Å²) < 4.78 is 0. The van der Waals surface area contributed by atoms with E-state index in [1.54, 1.807) is 0 Å². The fraction of sp³-hybridized carbons (Fsp3) is 1.00. The van der Waals surface area contributed by atoms with Crippen LogP contribution in [0.25, 0.3) is 0 Å². The molecular formula is C10H12O2. The van der Waals surface area contributed by atoms with Gasteiger partial charge in [-0.25, -0.2) is 0 Å². The van der Waals surface area contributed by atoms with Crippen LogP contribution in [0.15, 0.2) is 0 Å². The first-order valence-corrected chi connectivity index (χ1v) is 5.18. The average molecular weight is 164 g/mol. The van der Waals surface area contributed by atoms with Crippen molar-refractivity contribution >= 4 is 0 Å². The van der Waals surface area contributed by atoms with E-state index in [-0.39, 0.29) is 12.2 Å². The molecule has 0 aromatic heterocycles. The molecule has 6 aliphatic rings. The second-order valence-electron chi connectivity index (χ2n) is 5.60. The van der Waals surface area contributed by atoms with E-state index in [0.717, 1.165) is 23.7 Å². The van der Waals surface area contributed by atoms with E-state index in [0.29, 0.717) is 23.7 Å². The van der Waals surface area contributed by atoms with Crippen molar-refractivity contribution < 1.29 is 10.2 Å². The van der Waals surface area contributed by atoms with Crippen molar-refractivity contribution in [3.05, 3.63) is 0 Å². The van der Waals surface area contributed by atoms with Gasteiger partial charge in [0.15, 0.2) is 0 Å². The molecule has 6 aliphatic carbocycles. The molecule has 0 heterocycles. The number of rotatable bonds is 0. The number of aliphatic hydroxyl groups excluding tert-OH is 2. The van der Waals surface area contributed by atoms with Crippen LogP contribution in [-0.4, -0.2) is 22.4 Å². The summed E-state index contributed by atoms with van der Waals surface area (Å²) in [5.74, 6) is 5.51. The van der Waals surface area contributed by atoms with Crippen molar-refractivity contribution in [2.24, 2.45) is 47.3 Å². The van der Waals surface area contributed by atoms with E-state index in [9.17, 15) is 10.2 Å². The van der Waals surface area contributed by atoms with Crippen LogP contribution < -0.4 is 0 Å². The van der Waals surface area contributed by atoms with Crippen LogP contribution in [0, 0.1) is 47.3 Å². The molecule has 0 unspecified atom stereocenters. The minimum atomic E-state index is -0.0200. The molecule has 4 bridgehead atoms. The van der Waals surface area contributed by atoms with Crippen molar-refractivity contribution in [2.45, 2.75) is 12.2 Å². The molecule has 0 aliphatic heterocycles. The lowest BCUT2D eigenvalue weighted by Gasteiger charge is -2.63. The third kappa shape index (κ3) is 0.252. The molecule has 6 fully saturated rings. The molecule has 6 saturated carbocycles. The quantitative estimate of drug-likeness (QED) is 0.516. The molecule has 0 saturated heterocycles. The molecular weight excluding hydrogens is 152 g/mol. The Kier molecular flexibility index (Phi) is 0.561. The lowest BCUT2D eigenvalue weighted by Crippen LogP contribution is -2.61. The van der Waals surface area contributed by atoms with Crippen molar-refractivity contribution in [1.29, 1.82) is 0 Å². The van der Waals surface area contributed by atoms with E-state index in [4.69, 9.17) is 0 Å². The zero-order valence-electron chi connectivity index (χ0n) is 6.67. The average Bonchev–Trinajstić information content (AvgIpc) is 2.45. The summed E-state index contributed by atoms with van der Waals surface area (Å²) in [6, 6.07) is 0. The Morgan fingerprint density at radius 1 is 0.417 bits per heavy atom. The molecule has 10 atom stereocenters. The molecule has 64 valence electrons. The van der Waals surface area contributed by atoms with Gasteiger partial charge in [0.1, 0.15) is 0 Å². The highest BCUT2D eigenvalue weighted by molar-refractivity contribution is 5.36. The zero-order valence-corrected chi connectivity index (χ0v) is 6.67. The maximum absolute atomic E-state index is 9.93. The summed E-state index contributed by atoms with van der Waals surface area (Å²) >= 11 is 0. The van der Waals surface area contributed by atoms with Gasteiger partial charge in [-0.05, 0) is 47.3 Å². The second-order valence-corrected chi connectivity index (χ2v) is 5.60. The second kappa shape index (κ2) is 1.20. The van der Waals surface area contributed by atoms with Crippen LogP contribution >= 0.6 is 0 Å². The fourth-order valence-electron chi connectivity index (χ4n) is 6.15. The van der Waals surface area contributed by atoms with E-state index in [1.165, 1.54) is 0 Å². The van der Waals surface area contributed by atoms with Gasteiger partial charge in [0.2, 0.25) is 0 Å². The van der Waals surface area contributed by atoms with Gasteiger partial charge in [-0.15, -0.1) is 0 Å². The molecule has 0 aromatic rings. The molecule has 0 spiro atoms. The van der Waals surface area contributed by atoms with Gasteiger partial charge in [-0.1, -0.05) is 0 Å². The number of hydrogen-bond acceptors (Lipinski definition) is 2. The van der Waals surface area contributed by atoms with Gasteiger partial charge in [0.25, 0.3) is 0 Å². The lowest BCUT2D eigenvalue weighted by molar-refractivity contribution is -0.176. The summed E-state index contributed by atoms with van der Waals surface area (Å²) in [6.07, 6.45) is -0.0400. The third-order valence-corrected chi connectivity index (χ3v) is 6.02.